The summed E-state index contributed by atoms with van der Waals surface area (Å²) in [6, 6.07) is 8.72. The fourth-order valence-electron chi connectivity index (χ4n) is 4.94. The first-order chi connectivity index (χ1) is 13.2. The molecule has 2 amide bonds. The molecule has 0 aromatic heterocycles. The lowest BCUT2D eigenvalue weighted by Crippen LogP contribution is -2.77. The number of carboxylic acid groups (broad SMARTS) is 1. The van der Waals surface area contributed by atoms with Crippen LogP contribution in [-0.2, 0) is 20.8 Å². The standard InChI is InChI=1S/C21H28N2O5/c1-14(2)8-17(19(26)27)22-18(25)16(9-15-6-4-3-5-7-15)20-10-21(11-20,12-20)23(28)13-24/h3-7,13-14,16-17,28H,8-12H2,1-2H3,(H,22,25)(H,26,27). The first kappa shape index (κ1) is 20.3. The lowest BCUT2D eigenvalue weighted by molar-refractivity contribution is -0.306. The zero-order valence-electron chi connectivity index (χ0n) is 16.3. The Morgan fingerprint density at radius 3 is 2.32 bits per heavy atom. The fourth-order valence-corrected chi connectivity index (χ4v) is 4.94. The molecular formula is C21H28N2O5. The van der Waals surface area contributed by atoms with Gasteiger partial charge in [-0.15, -0.1) is 0 Å². The summed E-state index contributed by atoms with van der Waals surface area (Å²) in [5.41, 5.74) is 0.153. The quantitative estimate of drug-likeness (QED) is 0.324. The van der Waals surface area contributed by atoms with Crippen molar-refractivity contribution in [3.8, 4) is 0 Å². The summed E-state index contributed by atoms with van der Waals surface area (Å²) in [6.07, 6.45) is 2.96. The predicted molar refractivity (Wildman–Crippen MR) is 101 cm³/mol. The van der Waals surface area contributed by atoms with E-state index in [9.17, 15) is 24.7 Å². The third-order valence-electron chi connectivity index (χ3n) is 6.29. The van der Waals surface area contributed by atoms with Crippen molar-refractivity contribution in [2.45, 2.75) is 57.5 Å². The number of hydrogen-bond donors (Lipinski definition) is 3. The lowest BCUT2D eigenvalue weighted by Gasteiger charge is -2.73. The second-order valence-corrected chi connectivity index (χ2v) is 8.84. The molecule has 0 radical (unpaired) electrons. The summed E-state index contributed by atoms with van der Waals surface area (Å²) < 4.78 is 0. The van der Waals surface area contributed by atoms with Gasteiger partial charge in [-0.1, -0.05) is 44.2 Å². The number of hydrogen-bond acceptors (Lipinski definition) is 4. The van der Waals surface area contributed by atoms with Crippen LogP contribution in [0.1, 0.15) is 45.1 Å². The third kappa shape index (κ3) is 3.63. The van der Waals surface area contributed by atoms with Crippen LogP contribution in [0.15, 0.2) is 30.3 Å². The Balaban J connectivity index is 1.77. The van der Waals surface area contributed by atoms with Crippen molar-refractivity contribution in [2.24, 2.45) is 17.3 Å². The van der Waals surface area contributed by atoms with Gasteiger partial charge in [0.2, 0.25) is 12.3 Å². The van der Waals surface area contributed by atoms with Gasteiger partial charge < -0.3 is 10.4 Å². The molecule has 3 fully saturated rings. The molecule has 0 saturated heterocycles. The highest BCUT2D eigenvalue weighted by molar-refractivity contribution is 5.86. The van der Waals surface area contributed by atoms with E-state index < -0.39 is 23.5 Å². The van der Waals surface area contributed by atoms with Gasteiger partial charge in [0, 0.05) is 5.92 Å². The average Bonchev–Trinajstić information content (AvgIpc) is 2.58. The van der Waals surface area contributed by atoms with Crippen molar-refractivity contribution in [2.75, 3.05) is 0 Å². The number of benzene rings is 1. The van der Waals surface area contributed by atoms with Crippen molar-refractivity contribution in [1.29, 1.82) is 0 Å². The van der Waals surface area contributed by atoms with Crippen LogP contribution in [0.4, 0.5) is 0 Å². The molecule has 4 rings (SSSR count). The van der Waals surface area contributed by atoms with Crippen LogP contribution in [0.2, 0.25) is 0 Å². The summed E-state index contributed by atoms with van der Waals surface area (Å²) in [6.45, 7) is 3.84. The minimum absolute atomic E-state index is 0.141. The summed E-state index contributed by atoms with van der Waals surface area (Å²) in [5, 5.41) is 22.7. The molecule has 152 valence electrons. The summed E-state index contributed by atoms with van der Waals surface area (Å²) in [5.74, 6) is -1.55. The number of amides is 2. The van der Waals surface area contributed by atoms with Crippen molar-refractivity contribution in [3.05, 3.63) is 35.9 Å². The highest BCUT2D eigenvalue weighted by Crippen LogP contribution is 2.72. The molecule has 0 spiro atoms. The molecule has 2 unspecified atom stereocenters. The highest BCUT2D eigenvalue weighted by atomic mass is 16.5. The zero-order chi connectivity index (χ0) is 20.5. The van der Waals surface area contributed by atoms with E-state index in [1.165, 1.54) is 0 Å². The van der Waals surface area contributed by atoms with Crippen LogP contribution in [0.25, 0.3) is 0 Å². The van der Waals surface area contributed by atoms with E-state index in [0.717, 1.165) is 10.6 Å². The van der Waals surface area contributed by atoms with E-state index in [4.69, 9.17) is 0 Å². The van der Waals surface area contributed by atoms with Crippen LogP contribution in [0.3, 0.4) is 0 Å². The van der Waals surface area contributed by atoms with Crippen LogP contribution < -0.4 is 5.32 Å². The molecular weight excluding hydrogens is 360 g/mol. The second kappa shape index (κ2) is 7.54. The monoisotopic (exact) mass is 388 g/mol. The molecule has 2 bridgehead atoms. The van der Waals surface area contributed by atoms with E-state index in [0.29, 0.717) is 38.5 Å². The molecule has 0 heterocycles. The molecule has 3 aliphatic carbocycles. The Morgan fingerprint density at radius 2 is 1.82 bits per heavy atom. The van der Waals surface area contributed by atoms with E-state index in [2.05, 4.69) is 5.32 Å². The van der Waals surface area contributed by atoms with E-state index in [1.54, 1.807) is 0 Å². The predicted octanol–water partition coefficient (Wildman–Crippen LogP) is 2.23. The molecule has 7 nitrogen and oxygen atoms in total. The number of carbonyl (C=O) groups is 3. The molecule has 2 atom stereocenters. The van der Waals surface area contributed by atoms with Crippen LogP contribution in [0.5, 0.6) is 0 Å². The third-order valence-corrected chi connectivity index (χ3v) is 6.29. The molecule has 3 saturated carbocycles. The van der Waals surface area contributed by atoms with E-state index in [1.807, 2.05) is 44.2 Å². The largest absolute Gasteiger partial charge is 0.480 e. The maximum absolute atomic E-state index is 13.1. The van der Waals surface area contributed by atoms with Crippen molar-refractivity contribution in [3.63, 3.8) is 0 Å². The molecule has 28 heavy (non-hydrogen) atoms. The van der Waals surface area contributed by atoms with Crippen LogP contribution in [0, 0.1) is 17.3 Å². The van der Waals surface area contributed by atoms with Gasteiger partial charge in [-0.2, -0.15) is 0 Å². The van der Waals surface area contributed by atoms with Gasteiger partial charge in [-0.05, 0) is 49.0 Å². The number of carbonyl (C=O) groups excluding carboxylic acids is 2. The van der Waals surface area contributed by atoms with Gasteiger partial charge >= 0.3 is 5.97 Å². The molecule has 3 N–H and O–H groups in total. The highest BCUT2D eigenvalue weighted by Gasteiger charge is 2.74. The van der Waals surface area contributed by atoms with Crippen molar-refractivity contribution >= 4 is 18.3 Å². The molecule has 1 aromatic carbocycles. The van der Waals surface area contributed by atoms with Gasteiger partial charge in [0.05, 0.1) is 5.54 Å². The lowest BCUT2D eigenvalue weighted by atomic mass is 9.35. The normalized spacial score (nSPS) is 27.1. The summed E-state index contributed by atoms with van der Waals surface area (Å²) >= 11 is 0. The Morgan fingerprint density at radius 1 is 1.21 bits per heavy atom. The van der Waals surface area contributed by atoms with Gasteiger partial charge in [0.25, 0.3) is 0 Å². The Labute approximate surface area is 164 Å². The van der Waals surface area contributed by atoms with Gasteiger partial charge in [-0.25, -0.2) is 9.86 Å². The Kier molecular flexibility index (Phi) is 5.48. The topological polar surface area (TPSA) is 107 Å². The fraction of sp³-hybridized carbons (Fsp3) is 0.571. The number of aliphatic carboxylic acids is 1. The average molecular weight is 388 g/mol. The number of nitrogens with one attached hydrogen (secondary N) is 1. The molecule has 0 aliphatic heterocycles. The van der Waals surface area contributed by atoms with Crippen molar-refractivity contribution < 1.29 is 24.7 Å². The van der Waals surface area contributed by atoms with Crippen LogP contribution in [-0.4, -0.2) is 45.2 Å². The van der Waals surface area contributed by atoms with E-state index >= 15 is 0 Å². The smallest absolute Gasteiger partial charge is 0.326 e. The Hall–Kier alpha value is -2.41. The first-order valence-electron chi connectivity index (χ1n) is 9.72. The molecule has 1 aromatic rings. The number of carboxylic acids is 1. The maximum Gasteiger partial charge on any atom is 0.326 e. The minimum Gasteiger partial charge on any atom is -0.480 e. The van der Waals surface area contributed by atoms with E-state index in [-0.39, 0.29) is 17.2 Å². The Bertz CT molecular complexity index is 729. The van der Waals surface area contributed by atoms with Gasteiger partial charge in [0.1, 0.15) is 6.04 Å². The molecule has 3 aliphatic rings. The van der Waals surface area contributed by atoms with Gasteiger partial charge in [-0.3, -0.25) is 14.8 Å². The number of nitrogens with zero attached hydrogens (tertiary/aromatic N) is 1. The maximum atomic E-state index is 13.1. The number of hydroxylamine groups is 2. The minimum atomic E-state index is -1.03. The van der Waals surface area contributed by atoms with Gasteiger partial charge in [0.15, 0.2) is 0 Å². The molecule has 7 heteroatoms. The van der Waals surface area contributed by atoms with Crippen molar-refractivity contribution in [1.82, 2.24) is 10.4 Å². The first-order valence-corrected chi connectivity index (χ1v) is 9.72. The number of rotatable bonds is 10. The SMILES string of the molecule is CC(C)CC(NC(=O)C(Cc1ccccc1)C12CC(N(O)C=O)(C1)C2)C(=O)O. The zero-order valence-corrected chi connectivity index (χ0v) is 16.3. The van der Waals surface area contributed by atoms with Crippen LogP contribution >= 0.6 is 0 Å². The second-order valence-electron chi connectivity index (χ2n) is 8.84. The summed E-state index contributed by atoms with van der Waals surface area (Å²) in [7, 11) is 0. The summed E-state index contributed by atoms with van der Waals surface area (Å²) in [4.78, 5) is 35.6.